The van der Waals surface area contributed by atoms with Crippen molar-refractivity contribution in [2.45, 2.75) is 45.1 Å². The van der Waals surface area contributed by atoms with Crippen molar-refractivity contribution in [2.24, 2.45) is 11.8 Å². The van der Waals surface area contributed by atoms with Gasteiger partial charge in [-0.3, -0.25) is 14.4 Å². The highest BCUT2D eigenvalue weighted by Gasteiger charge is 2.40. The molecule has 1 aliphatic rings. The molecule has 1 aliphatic carbocycles. The maximum Gasteiger partial charge on any atom is 0.316 e. The molecular formula is C14H22O5. The Morgan fingerprint density at radius 3 is 2.16 bits per heavy atom. The van der Waals surface area contributed by atoms with Crippen LogP contribution in [0.4, 0.5) is 0 Å². The largest absolute Gasteiger partial charge is 0.468 e. The molecule has 0 saturated heterocycles. The molecule has 0 aliphatic heterocycles. The van der Waals surface area contributed by atoms with E-state index in [0.29, 0.717) is 0 Å². The van der Waals surface area contributed by atoms with E-state index in [2.05, 4.69) is 4.74 Å². The van der Waals surface area contributed by atoms with E-state index in [4.69, 9.17) is 4.74 Å². The van der Waals surface area contributed by atoms with Crippen molar-refractivity contribution >= 4 is 17.5 Å². The van der Waals surface area contributed by atoms with Crippen molar-refractivity contribution in [1.29, 1.82) is 0 Å². The van der Waals surface area contributed by atoms with Gasteiger partial charge in [0.2, 0.25) is 0 Å². The number of methoxy groups -OCH3 is 2. The monoisotopic (exact) mass is 270 g/mol. The number of hydrogen-bond acceptors (Lipinski definition) is 5. The van der Waals surface area contributed by atoms with E-state index < -0.39 is 17.5 Å². The number of ether oxygens (including phenoxy) is 2. The van der Waals surface area contributed by atoms with E-state index in [9.17, 15) is 14.4 Å². The molecule has 0 aromatic rings. The van der Waals surface area contributed by atoms with E-state index in [0.717, 1.165) is 19.3 Å². The van der Waals surface area contributed by atoms with Crippen LogP contribution in [0.1, 0.15) is 39.5 Å². The lowest BCUT2D eigenvalue weighted by Crippen LogP contribution is -2.41. The van der Waals surface area contributed by atoms with Gasteiger partial charge in [0.1, 0.15) is 11.5 Å². The summed E-state index contributed by atoms with van der Waals surface area (Å²) in [5.41, 5.74) is -0.994. The smallest absolute Gasteiger partial charge is 0.316 e. The minimum Gasteiger partial charge on any atom is -0.468 e. The molecule has 0 radical (unpaired) electrons. The van der Waals surface area contributed by atoms with Gasteiger partial charge in [0.15, 0.2) is 11.6 Å². The van der Waals surface area contributed by atoms with E-state index in [1.54, 1.807) is 13.8 Å². The van der Waals surface area contributed by atoms with Gasteiger partial charge in [-0.2, -0.15) is 0 Å². The molecule has 0 N–H and O–H groups in total. The second kappa shape index (κ2) is 6.28. The van der Waals surface area contributed by atoms with Crippen LogP contribution in [0.3, 0.4) is 0 Å². The highest BCUT2D eigenvalue weighted by Crippen LogP contribution is 2.31. The summed E-state index contributed by atoms with van der Waals surface area (Å²) in [5, 5.41) is 0. The van der Waals surface area contributed by atoms with Crippen LogP contribution in [-0.4, -0.2) is 37.4 Å². The number of hydrogen-bond donors (Lipinski definition) is 0. The zero-order valence-electron chi connectivity index (χ0n) is 12.0. The van der Waals surface area contributed by atoms with Crippen LogP contribution >= 0.6 is 0 Å². The first-order valence-electron chi connectivity index (χ1n) is 6.53. The lowest BCUT2D eigenvalue weighted by atomic mass is 9.76. The quantitative estimate of drug-likeness (QED) is 0.518. The summed E-state index contributed by atoms with van der Waals surface area (Å²) in [7, 11) is 2.66. The summed E-state index contributed by atoms with van der Waals surface area (Å²) in [4.78, 5) is 36.0. The predicted molar refractivity (Wildman–Crippen MR) is 68.6 cm³/mol. The Morgan fingerprint density at radius 2 is 1.79 bits per heavy atom. The average Bonchev–Trinajstić information content (AvgIpc) is 2.32. The third-order valence-electron chi connectivity index (χ3n) is 3.91. The summed E-state index contributed by atoms with van der Waals surface area (Å²) < 4.78 is 9.73. The molecule has 0 spiro atoms. The number of ketones is 2. The molecule has 1 atom stereocenters. The molecule has 5 heteroatoms. The Balaban J connectivity index is 2.77. The van der Waals surface area contributed by atoms with Crippen LogP contribution in [0.25, 0.3) is 0 Å². The number of Topliss-reactive ketones (excluding diaryl/α,β-unsaturated/α-hetero) is 2. The summed E-state index contributed by atoms with van der Waals surface area (Å²) >= 11 is 0. The van der Waals surface area contributed by atoms with Crippen molar-refractivity contribution in [1.82, 2.24) is 0 Å². The molecule has 19 heavy (non-hydrogen) atoms. The lowest BCUT2D eigenvalue weighted by Gasteiger charge is -2.28. The second-order valence-electron chi connectivity index (χ2n) is 5.45. The number of carbonyl (C=O) groups excluding carboxylic acids is 3. The first-order chi connectivity index (χ1) is 8.83. The Hall–Kier alpha value is -1.23. The second-order valence-corrected chi connectivity index (χ2v) is 5.45. The normalized spacial score (nSPS) is 17.5. The fourth-order valence-electron chi connectivity index (χ4n) is 1.96. The molecule has 108 valence electrons. The highest BCUT2D eigenvalue weighted by atomic mass is 16.5. The summed E-state index contributed by atoms with van der Waals surface area (Å²) in [6.45, 7) is 3.25. The van der Waals surface area contributed by atoms with Gasteiger partial charge < -0.3 is 9.47 Å². The molecule has 5 nitrogen and oxygen atoms in total. The van der Waals surface area contributed by atoms with Crippen LogP contribution < -0.4 is 0 Å². The third kappa shape index (κ3) is 3.62. The standard InChI is InChI=1S/C14H22O5/c1-14(2,19-4)11(15)8-10(13(17)18-3)12(16)9-6-5-7-9/h9-10H,5-8H2,1-4H3. The van der Waals surface area contributed by atoms with Crippen molar-refractivity contribution in [3.05, 3.63) is 0 Å². The van der Waals surface area contributed by atoms with Crippen LogP contribution in [0.15, 0.2) is 0 Å². The topological polar surface area (TPSA) is 69.7 Å². The maximum absolute atomic E-state index is 12.2. The van der Waals surface area contributed by atoms with Gasteiger partial charge in [-0.15, -0.1) is 0 Å². The van der Waals surface area contributed by atoms with Crippen molar-refractivity contribution < 1.29 is 23.9 Å². The summed E-state index contributed by atoms with van der Waals surface area (Å²) in [6, 6.07) is 0. The van der Waals surface area contributed by atoms with E-state index in [1.165, 1.54) is 14.2 Å². The van der Waals surface area contributed by atoms with Gasteiger partial charge in [-0.25, -0.2) is 0 Å². The lowest BCUT2D eigenvalue weighted by molar-refractivity contribution is -0.155. The Kier molecular flexibility index (Phi) is 5.23. The Morgan fingerprint density at radius 1 is 1.21 bits per heavy atom. The molecule has 1 fully saturated rings. The Labute approximate surface area is 113 Å². The van der Waals surface area contributed by atoms with E-state index in [-0.39, 0.29) is 23.9 Å². The van der Waals surface area contributed by atoms with Crippen LogP contribution in [0.5, 0.6) is 0 Å². The first kappa shape index (κ1) is 15.8. The molecule has 1 unspecified atom stereocenters. The minimum absolute atomic E-state index is 0.0949. The van der Waals surface area contributed by atoms with Gasteiger partial charge in [0, 0.05) is 19.4 Å². The Bertz CT molecular complexity index is 368. The van der Waals surface area contributed by atoms with Crippen LogP contribution in [-0.2, 0) is 23.9 Å². The molecular weight excluding hydrogens is 248 g/mol. The van der Waals surface area contributed by atoms with Crippen LogP contribution in [0, 0.1) is 11.8 Å². The fourth-order valence-corrected chi connectivity index (χ4v) is 1.96. The van der Waals surface area contributed by atoms with Crippen molar-refractivity contribution in [3.8, 4) is 0 Å². The van der Waals surface area contributed by atoms with E-state index >= 15 is 0 Å². The van der Waals surface area contributed by atoms with Crippen molar-refractivity contribution in [2.75, 3.05) is 14.2 Å². The molecule has 0 aromatic carbocycles. The first-order valence-corrected chi connectivity index (χ1v) is 6.53. The zero-order chi connectivity index (χ0) is 14.6. The number of carbonyl (C=O) groups is 3. The van der Waals surface area contributed by atoms with E-state index in [1.807, 2.05) is 0 Å². The minimum atomic E-state index is -0.994. The predicted octanol–water partition coefficient (Wildman–Crippen LogP) is 1.53. The molecule has 0 bridgehead atoms. The van der Waals surface area contributed by atoms with Gasteiger partial charge >= 0.3 is 5.97 Å². The highest BCUT2D eigenvalue weighted by molar-refractivity contribution is 6.04. The van der Waals surface area contributed by atoms with Gasteiger partial charge in [0.25, 0.3) is 0 Å². The third-order valence-corrected chi connectivity index (χ3v) is 3.91. The number of rotatable bonds is 7. The molecule has 0 amide bonds. The average molecular weight is 270 g/mol. The SMILES string of the molecule is COC(=O)C(CC(=O)C(C)(C)OC)C(=O)C1CCC1. The zero-order valence-corrected chi connectivity index (χ0v) is 12.0. The van der Waals surface area contributed by atoms with Crippen molar-refractivity contribution in [3.63, 3.8) is 0 Å². The fraction of sp³-hybridized carbons (Fsp3) is 0.786. The summed E-state index contributed by atoms with van der Waals surface area (Å²) in [6.07, 6.45) is 2.45. The molecule has 0 aromatic heterocycles. The maximum atomic E-state index is 12.2. The van der Waals surface area contributed by atoms with Crippen LogP contribution in [0.2, 0.25) is 0 Å². The molecule has 1 saturated carbocycles. The molecule has 0 heterocycles. The molecule has 1 rings (SSSR count). The number of esters is 1. The van der Waals surface area contributed by atoms with Gasteiger partial charge in [-0.1, -0.05) is 6.42 Å². The van der Waals surface area contributed by atoms with Gasteiger partial charge in [0.05, 0.1) is 7.11 Å². The summed E-state index contributed by atoms with van der Waals surface area (Å²) in [5.74, 6) is -2.15. The van der Waals surface area contributed by atoms with Gasteiger partial charge in [-0.05, 0) is 26.7 Å².